The van der Waals surface area contributed by atoms with E-state index in [-0.39, 0.29) is 5.41 Å². The van der Waals surface area contributed by atoms with E-state index in [1.54, 1.807) is 0 Å². The Labute approximate surface area is 171 Å². The fourth-order valence-corrected chi connectivity index (χ4v) is 6.16. The lowest BCUT2D eigenvalue weighted by atomic mass is 9.78. The summed E-state index contributed by atoms with van der Waals surface area (Å²) in [5.74, 6) is -0.258. The van der Waals surface area contributed by atoms with Crippen molar-refractivity contribution >= 4 is 31.1 Å². The van der Waals surface area contributed by atoms with Gasteiger partial charge in [0.1, 0.15) is 0 Å². The fourth-order valence-electron chi connectivity index (χ4n) is 4.38. The van der Waals surface area contributed by atoms with Crippen molar-refractivity contribution in [2.24, 2.45) is 5.92 Å². The first-order chi connectivity index (χ1) is 13.0. The zero-order valence-electron chi connectivity index (χ0n) is 18.3. The molecule has 2 aliphatic rings. The lowest BCUT2D eigenvalue weighted by molar-refractivity contribution is -0.114. The van der Waals surface area contributed by atoms with Crippen LogP contribution in [0.5, 0.6) is 0 Å². The van der Waals surface area contributed by atoms with Crippen molar-refractivity contribution in [1.29, 1.82) is 0 Å². The van der Waals surface area contributed by atoms with Crippen LogP contribution >= 0.6 is 0 Å². The second kappa shape index (κ2) is 7.44. The predicted octanol–water partition coefficient (Wildman–Crippen LogP) is 5.61. The van der Waals surface area contributed by atoms with Crippen LogP contribution in [0, 0.1) is 5.92 Å². The maximum absolute atomic E-state index is 12.3. The van der Waals surface area contributed by atoms with Crippen molar-refractivity contribution in [3.8, 4) is 0 Å². The van der Waals surface area contributed by atoms with Gasteiger partial charge in [-0.25, -0.2) is 0 Å². The van der Waals surface area contributed by atoms with Crippen LogP contribution in [0.3, 0.4) is 0 Å². The minimum Gasteiger partial charge on any atom is -0.267 e. The number of nitrogens with one attached hydrogen (secondary N) is 1. The Morgan fingerprint density at radius 3 is 2.46 bits per heavy atom. The van der Waals surface area contributed by atoms with Crippen molar-refractivity contribution in [2.75, 3.05) is 0 Å². The van der Waals surface area contributed by atoms with Gasteiger partial charge in [0.05, 0.1) is 0 Å². The van der Waals surface area contributed by atoms with Gasteiger partial charge in [-0.2, -0.15) is 0 Å². The van der Waals surface area contributed by atoms with Gasteiger partial charge >= 0.3 is 0 Å². The molecule has 0 bridgehead atoms. The summed E-state index contributed by atoms with van der Waals surface area (Å²) >= 11 is 0. The summed E-state index contributed by atoms with van der Waals surface area (Å²) < 4.78 is 0. The Kier molecular flexibility index (Phi) is 5.50. The van der Waals surface area contributed by atoms with Crippen LogP contribution in [0.1, 0.15) is 63.3 Å². The second-order valence-electron chi connectivity index (χ2n) is 9.35. The molecule has 0 heterocycles. The number of carbonyl (C=O) groups excluding carboxylic acids is 1. The van der Waals surface area contributed by atoms with Crippen LogP contribution < -0.4 is 5.73 Å². The molecule has 0 fully saturated rings. The Balaban J connectivity index is 2.39. The van der Waals surface area contributed by atoms with E-state index in [1.807, 2.05) is 6.08 Å². The molecule has 28 heavy (non-hydrogen) atoms. The lowest BCUT2D eigenvalue weighted by Crippen LogP contribution is -2.26. The molecule has 1 amide bonds. The highest BCUT2D eigenvalue weighted by atomic mass is 28.2. The third-order valence-corrected chi connectivity index (χ3v) is 7.75. The third-order valence-electron chi connectivity index (χ3n) is 5.97. The summed E-state index contributed by atoms with van der Waals surface area (Å²) in [4.78, 5) is 12.3. The predicted molar refractivity (Wildman–Crippen MR) is 123 cm³/mol. The van der Waals surface area contributed by atoms with E-state index in [0.717, 1.165) is 18.4 Å². The number of carbonyl (C=O) groups is 1. The van der Waals surface area contributed by atoms with Crippen LogP contribution in [-0.4, -0.2) is 19.5 Å². The highest BCUT2D eigenvalue weighted by Crippen LogP contribution is 2.40. The Morgan fingerprint density at radius 1 is 1.25 bits per heavy atom. The number of amides is 1. The van der Waals surface area contributed by atoms with Gasteiger partial charge in [-0.15, -0.1) is 0 Å². The molecule has 1 N–H and O–H groups in total. The molecule has 2 nitrogen and oxygen atoms in total. The molecule has 2 aliphatic carbocycles. The molecule has 1 radical (unpaired) electrons. The summed E-state index contributed by atoms with van der Waals surface area (Å²) in [7, 11) is -0.773. The first kappa shape index (κ1) is 20.7. The molecule has 0 aliphatic heterocycles. The third kappa shape index (κ3) is 3.65. The van der Waals surface area contributed by atoms with E-state index in [2.05, 4.69) is 72.0 Å². The lowest BCUT2D eigenvalue weighted by Gasteiger charge is -2.28. The minimum absolute atomic E-state index is 0.0286. The normalized spacial score (nSPS) is 19.0. The van der Waals surface area contributed by atoms with Crippen LogP contribution in [0.25, 0.3) is 11.6 Å². The Hall–Kier alpha value is -2.00. The van der Waals surface area contributed by atoms with Crippen LogP contribution in [-0.2, 0) is 16.6 Å². The number of hydrogen-bond donors (Lipinski definition) is 0. The van der Waals surface area contributed by atoms with Gasteiger partial charge in [0.15, 0.2) is 0 Å². The van der Waals surface area contributed by atoms with Crippen molar-refractivity contribution in [2.45, 2.75) is 66.0 Å². The van der Waals surface area contributed by atoms with Gasteiger partial charge in [-0.1, -0.05) is 88.8 Å². The van der Waals surface area contributed by atoms with E-state index in [1.165, 1.54) is 33.0 Å². The topological polar surface area (TPSA) is 40.9 Å². The molecule has 0 aromatic heterocycles. The molecular weight excluding hydrogens is 358 g/mol. The van der Waals surface area contributed by atoms with Crippen LogP contribution in [0.4, 0.5) is 0 Å². The standard InChI is InChI=1S/C25H32NOSi/c1-8-16-11-17-13-18(25(3,4)5)14-21(20(17)12-16)22-19(24(26)27)10-9-15(2)23(22)28(6)7/h9-11,13-15,26H,8,12H2,1-7H3. The van der Waals surface area contributed by atoms with Crippen molar-refractivity contribution in [1.82, 2.24) is 5.73 Å². The molecule has 147 valence electrons. The van der Waals surface area contributed by atoms with E-state index >= 15 is 0 Å². The maximum atomic E-state index is 12.3. The highest BCUT2D eigenvalue weighted by molar-refractivity contribution is 6.77. The van der Waals surface area contributed by atoms with Crippen molar-refractivity contribution in [3.63, 3.8) is 0 Å². The van der Waals surface area contributed by atoms with Gasteiger partial charge < -0.3 is 0 Å². The number of hydrogen-bond acceptors (Lipinski definition) is 1. The van der Waals surface area contributed by atoms with Gasteiger partial charge in [-0.3, -0.25) is 10.5 Å². The second-order valence-corrected chi connectivity index (χ2v) is 11.9. The summed E-state index contributed by atoms with van der Waals surface area (Å²) in [5, 5.41) is 1.38. The van der Waals surface area contributed by atoms with Gasteiger partial charge in [0.25, 0.3) is 5.91 Å². The fraction of sp³-hybridized carbons (Fsp3) is 0.440. The first-order valence-corrected chi connectivity index (χ1v) is 12.8. The average molecular weight is 391 g/mol. The SMILES string of the molecule is CCC1=Cc2cc(C(C)(C)C)cc(C3=C(C([NH])=O)C=CC(C)C3=[Si](C)C)c2C1. The molecule has 0 saturated carbocycles. The summed E-state index contributed by atoms with van der Waals surface area (Å²) in [6.45, 7) is 15.8. The molecule has 3 heteroatoms. The summed E-state index contributed by atoms with van der Waals surface area (Å²) in [6, 6.07) is 4.63. The first-order valence-electron chi connectivity index (χ1n) is 10.3. The number of fused-ring (bicyclic) bond motifs is 1. The number of benzene rings is 1. The quantitative estimate of drug-likeness (QED) is 0.618. The van der Waals surface area contributed by atoms with Gasteiger partial charge in [0, 0.05) is 14.0 Å². The van der Waals surface area contributed by atoms with E-state index < -0.39 is 14.3 Å². The number of allylic oxidation sites excluding steroid dienone is 3. The molecular formula is C25H32NOSi. The minimum atomic E-state index is -0.773. The zero-order chi connectivity index (χ0) is 20.8. The molecule has 0 saturated heterocycles. The molecule has 1 atom stereocenters. The Morgan fingerprint density at radius 2 is 1.93 bits per heavy atom. The summed E-state index contributed by atoms with van der Waals surface area (Å²) in [5.41, 5.74) is 16.1. The maximum Gasteiger partial charge on any atom is 0.270 e. The largest absolute Gasteiger partial charge is 0.270 e. The number of rotatable bonds is 3. The molecule has 1 aromatic carbocycles. The molecule has 0 spiro atoms. The van der Waals surface area contributed by atoms with Gasteiger partial charge in [0.2, 0.25) is 0 Å². The Bertz CT molecular complexity index is 963. The van der Waals surface area contributed by atoms with E-state index in [4.69, 9.17) is 5.73 Å². The van der Waals surface area contributed by atoms with Crippen LogP contribution in [0.15, 0.2) is 35.4 Å². The van der Waals surface area contributed by atoms with E-state index in [9.17, 15) is 4.79 Å². The molecule has 3 rings (SSSR count). The van der Waals surface area contributed by atoms with Gasteiger partial charge in [-0.05, 0) is 52.0 Å². The highest BCUT2D eigenvalue weighted by Gasteiger charge is 2.29. The summed E-state index contributed by atoms with van der Waals surface area (Å²) in [6.07, 6.45) is 8.33. The molecule has 1 aromatic rings. The van der Waals surface area contributed by atoms with E-state index in [0.29, 0.717) is 11.5 Å². The van der Waals surface area contributed by atoms with Crippen LogP contribution in [0.2, 0.25) is 13.1 Å². The zero-order valence-corrected chi connectivity index (χ0v) is 19.3. The average Bonchev–Trinajstić information content (AvgIpc) is 3.02. The van der Waals surface area contributed by atoms with Crippen molar-refractivity contribution in [3.05, 3.63) is 57.7 Å². The van der Waals surface area contributed by atoms with Crippen molar-refractivity contribution < 1.29 is 4.79 Å². The smallest absolute Gasteiger partial charge is 0.267 e. The monoisotopic (exact) mass is 390 g/mol. The molecule has 1 unspecified atom stereocenters.